The zero-order chi connectivity index (χ0) is 10.2. The largest absolute Gasteiger partial charge is 0.328 e. The molecule has 15 heavy (non-hydrogen) atoms. The third kappa shape index (κ3) is 8.87. The van der Waals surface area contributed by atoms with Gasteiger partial charge < -0.3 is 12.8 Å². The van der Waals surface area contributed by atoms with Crippen LogP contribution in [-0.4, -0.2) is 0 Å². The molecule has 2 aliphatic carbocycles. The third-order valence-electron chi connectivity index (χ3n) is 3.45. The van der Waals surface area contributed by atoms with E-state index in [0.717, 1.165) is 11.8 Å². The van der Waals surface area contributed by atoms with E-state index in [-0.39, 0.29) is 32.7 Å². The van der Waals surface area contributed by atoms with Crippen LogP contribution in [0.15, 0.2) is 0 Å². The van der Waals surface area contributed by atoms with E-state index >= 15 is 0 Å². The summed E-state index contributed by atoms with van der Waals surface area (Å²) in [5, 5.41) is 0. The van der Waals surface area contributed by atoms with Crippen molar-refractivity contribution in [3.63, 3.8) is 0 Å². The number of rotatable bonds is 0. The van der Waals surface area contributed by atoms with Gasteiger partial charge in [0.15, 0.2) is 0 Å². The van der Waals surface area contributed by atoms with Crippen LogP contribution in [0, 0.1) is 24.7 Å². The molecule has 2 saturated carbocycles. The molecule has 0 nitrogen and oxygen atoms in total. The van der Waals surface area contributed by atoms with Gasteiger partial charge in [0.05, 0.1) is 0 Å². The van der Waals surface area contributed by atoms with Crippen molar-refractivity contribution >= 4 is 0 Å². The van der Waals surface area contributed by atoms with Crippen molar-refractivity contribution in [2.45, 2.75) is 65.2 Å². The van der Waals surface area contributed by atoms with Crippen molar-refractivity contribution in [3.8, 4) is 0 Å². The molecule has 1 radical (unpaired) electrons. The first kappa shape index (κ1) is 16.1. The third-order valence-corrected chi connectivity index (χ3v) is 3.45. The van der Waals surface area contributed by atoms with Gasteiger partial charge in [-0.1, -0.05) is 39.5 Å². The van der Waals surface area contributed by atoms with Crippen LogP contribution in [0.2, 0.25) is 0 Å². The topological polar surface area (TPSA) is 0 Å². The Hall–Kier alpha value is 1.10. The van der Waals surface area contributed by atoms with Gasteiger partial charge in [-0.25, -0.2) is 0 Å². The summed E-state index contributed by atoms with van der Waals surface area (Å²) in [7, 11) is 0. The van der Waals surface area contributed by atoms with Crippen LogP contribution in [0.3, 0.4) is 0 Å². The van der Waals surface area contributed by atoms with E-state index in [0.29, 0.717) is 0 Å². The maximum Gasteiger partial charge on any atom is 0 e. The minimum atomic E-state index is 0. The molecule has 0 spiro atoms. The van der Waals surface area contributed by atoms with Gasteiger partial charge in [-0.15, -0.1) is 0 Å². The van der Waals surface area contributed by atoms with Crippen molar-refractivity contribution in [2.24, 2.45) is 11.8 Å². The van der Waals surface area contributed by atoms with Gasteiger partial charge in [0.2, 0.25) is 0 Å². The minimum Gasteiger partial charge on any atom is -0.328 e. The molecule has 0 aliphatic heterocycles. The fraction of sp³-hybridized carbons (Fsp3) is 0.857. The molecule has 0 N–H and O–H groups in total. The Bertz CT molecular complexity index is 105. The molecule has 0 saturated heterocycles. The van der Waals surface area contributed by atoms with Crippen molar-refractivity contribution in [1.82, 2.24) is 0 Å². The van der Waals surface area contributed by atoms with E-state index in [9.17, 15) is 0 Å². The molecule has 0 amide bonds. The molecule has 1 heteroatoms. The van der Waals surface area contributed by atoms with Crippen LogP contribution in [-0.2, 0) is 32.7 Å². The standard InChI is InChI=1S/2C7H13.Y/c2*1-7-5-3-2-4-6-7;/h2*2,7H,3-6H2,1H3;/q2*-1;. The van der Waals surface area contributed by atoms with Gasteiger partial charge >= 0.3 is 0 Å². The monoisotopic (exact) mass is 283 g/mol. The van der Waals surface area contributed by atoms with Crippen LogP contribution in [0.1, 0.15) is 65.2 Å². The van der Waals surface area contributed by atoms with Crippen LogP contribution >= 0.6 is 0 Å². The maximum atomic E-state index is 2.40. The first-order chi connectivity index (χ1) is 6.79. The van der Waals surface area contributed by atoms with Gasteiger partial charge in [0.1, 0.15) is 0 Å². The Morgan fingerprint density at radius 2 is 0.933 bits per heavy atom. The zero-order valence-electron chi connectivity index (χ0n) is 10.5. The second-order valence-electron chi connectivity index (χ2n) is 5.10. The molecule has 0 aromatic heterocycles. The van der Waals surface area contributed by atoms with Crippen molar-refractivity contribution in [2.75, 3.05) is 0 Å². The zero-order valence-corrected chi connectivity index (χ0v) is 13.4. The van der Waals surface area contributed by atoms with Gasteiger partial charge in [0.25, 0.3) is 0 Å². The fourth-order valence-electron chi connectivity index (χ4n) is 2.19. The summed E-state index contributed by atoms with van der Waals surface area (Å²) in [6, 6.07) is 0. The van der Waals surface area contributed by atoms with E-state index in [1.165, 1.54) is 51.4 Å². The molecule has 2 fully saturated rings. The summed E-state index contributed by atoms with van der Waals surface area (Å²) in [6.45, 7) is 4.68. The van der Waals surface area contributed by atoms with Gasteiger partial charge in [0, 0.05) is 32.7 Å². The molecule has 0 bridgehead atoms. The molecule has 2 aliphatic rings. The Balaban J connectivity index is 0.000000245. The molecule has 0 unspecified atom stereocenters. The first-order valence-electron chi connectivity index (χ1n) is 6.42. The smallest absolute Gasteiger partial charge is 0 e. The van der Waals surface area contributed by atoms with E-state index in [2.05, 4.69) is 26.7 Å². The Morgan fingerprint density at radius 3 is 1.07 bits per heavy atom. The first-order valence-corrected chi connectivity index (χ1v) is 6.42. The summed E-state index contributed by atoms with van der Waals surface area (Å²) in [4.78, 5) is 0. The predicted molar refractivity (Wildman–Crippen MR) is 63.9 cm³/mol. The molecule has 0 atom stereocenters. The van der Waals surface area contributed by atoms with Crippen LogP contribution in [0.4, 0.5) is 0 Å². The minimum absolute atomic E-state index is 0. The molecule has 87 valence electrons. The van der Waals surface area contributed by atoms with Crippen LogP contribution in [0.5, 0.6) is 0 Å². The molecule has 0 heterocycles. The Morgan fingerprint density at radius 1 is 0.667 bits per heavy atom. The van der Waals surface area contributed by atoms with Gasteiger partial charge in [-0.3, -0.25) is 0 Å². The summed E-state index contributed by atoms with van der Waals surface area (Å²) < 4.78 is 0. The van der Waals surface area contributed by atoms with Crippen molar-refractivity contribution in [3.05, 3.63) is 12.8 Å². The van der Waals surface area contributed by atoms with E-state index in [1.807, 2.05) is 0 Å². The average molecular weight is 283 g/mol. The average Bonchev–Trinajstić information content (AvgIpc) is 2.21. The molecular formula is C14H26Y-2. The van der Waals surface area contributed by atoms with E-state index < -0.39 is 0 Å². The predicted octanol–water partition coefficient (Wildman–Crippen LogP) is 4.80. The van der Waals surface area contributed by atoms with Crippen molar-refractivity contribution in [1.29, 1.82) is 0 Å². The second kappa shape index (κ2) is 10.3. The summed E-state index contributed by atoms with van der Waals surface area (Å²) in [5.41, 5.74) is 0. The maximum absolute atomic E-state index is 2.40. The van der Waals surface area contributed by atoms with E-state index in [4.69, 9.17) is 0 Å². The van der Waals surface area contributed by atoms with Gasteiger partial charge in [-0.05, 0) is 11.8 Å². The Kier molecular flexibility index (Phi) is 11.0. The quantitative estimate of drug-likeness (QED) is 0.560. The normalized spacial score (nSPS) is 23.6. The van der Waals surface area contributed by atoms with Crippen molar-refractivity contribution < 1.29 is 32.7 Å². The molecule has 2 rings (SSSR count). The summed E-state index contributed by atoms with van der Waals surface area (Å²) >= 11 is 0. The van der Waals surface area contributed by atoms with Crippen LogP contribution in [0.25, 0.3) is 0 Å². The van der Waals surface area contributed by atoms with Gasteiger partial charge in [-0.2, -0.15) is 25.7 Å². The number of hydrogen-bond donors (Lipinski definition) is 0. The summed E-state index contributed by atoms with van der Waals surface area (Å²) in [6.07, 6.45) is 16.0. The second-order valence-corrected chi connectivity index (χ2v) is 5.10. The van der Waals surface area contributed by atoms with E-state index in [1.54, 1.807) is 0 Å². The Labute approximate surface area is 122 Å². The summed E-state index contributed by atoms with van der Waals surface area (Å²) in [5.74, 6) is 2.01. The molecular weight excluding hydrogens is 257 g/mol. The molecule has 0 aromatic carbocycles. The number of hydrogen-bond acceptors (Lipinski definition) is 0. The SMILES string of the molecule is CC1CC[CH-]CC1.CC1CC[CH-]CC1.[Y]. The van der Waals surface area contributed by atoms with Crippen LogP contribution < -0.4 is 0 Å². The molecule has 0 aromatic rings. The fourth-order valence-corrected chi connectivity index (χ4v) is 2.19.